The number of nitrogens with two attached hydrogens (primary N) is 1. The molecule has 0 aliphatic heterocycles. The van der Waals surface area contributed by atoms with Crippen LogP contribution >= 0.6 is 0 Å². The van der Waals surface area contributed by atoms with Crippen molar-refractivity contribution in [1.29, 1.82) is 0 Å². The Morgan fingerprint density at radius 1 is 1.17 bits per heavy atom. The van der Waals surface area contributed by atoms with Gasteiger partial charge in [-0.1, -0.05) is 0 Å². The van der Waals surface area contributed by atoms with Crippen molar-refractivity contribution in [2.45, 2.75) is 50.3 Å². The molecule has 0 aromatic heterocycles. The van der Waals surface area contributed by atoms with Crippen molar-refractivity contribution in [2.24, 2.45) is 5.73 Å². The van der Waals surface area contributed by atoms with E-state index >= 15 is 0 Å². The predicted molar refractivity (Wildman–Crippen MR) is 76.1 cm³/mol. The molecular weight excluding hydrogens is 316 g/mol. The van der Waals surface area contributed by atoms with E-state index in [1.807, 2.05) is 0 Å². The Balaban J connectivity index is 0. The van der Waals surface area contributed by atoms with Gasteiger partial charge in [0.05, 0.1) is 12.7 Å². The zero-order valence-corrected chi connectivity index (χ0v) is 12.7. The number of amides is 1. The summed E-state index contributed by atoms with van der Waals surface area (Å²) < 4.78 is 0. The fraction of sp³-hybridized carbons (Fsp3) is 0.750. The number of nitrogens with one attached hydrogen (secondary N) is 1. The minimum absolute atomic E-state index is 0.235. The molecule has 0 aliphatic rings. The third kappa shape index (κ3) is 9.89. The topological polar surface area (TPSA) is 211 Å². The molecule has 0 aromatic carbocycles. The number of rotatable bonds is 8. The summed E-state index contributed by atoms with van der Waals surface area (Å²) in [4.78, 5) is 30.9. The Morgan fingerprint density at radius 2 is 1.65 bits per heavy atom. The van der Waals surface area contributed by atoms with Crippen LogP contribution in [0.5, 0.6) is 0 Å². The number of aliphatic carboxylic acids is 1. The first kappa shape index (κ1) is 23.6. The van der Waals surface area contributed by atoms with Crippen LogP contribution in [0.25, 0.3) is 0 Å². The van der Waals surface area contributed by atoms with Crippen LogP contribution in [-0.4, -0.2) is 91.9 Å². The van der Waals surface area contributed by atoms with Gasteiger partial charge in [0.2, 0.25) is 5.91 Å². The number of aliphatic hydroxyl groups excluding tert-OH is 5. The summed E-state index contributed by atoms with van der Waals surface area (Å²) >= 11 is 0. The highest BCUT2D eigenvalue weighted by molar-refractivity contribution is 5.77. The Morgan fingerprint density at radius 3 is 1.87 bits per heavy atom. The Kier molecular flexibility index (Phi) is 12.2. The van der Waals surface area contributed by atoms with Gasteiger partial charge in [-0.3, -0.25) is 9.59 Å². The first-order valence-electron chi connectivity index (χ1n) is 6.53. The van der Waals surface area contributed by atoms with Gasteiger partial charge in [0.1, 0.15) is 36.7 Å². The molecule has 0 spiro atoms. The van der Waals surface area contributed by atoms with Crippen LogP contribution < -0.4 is 11.1 Å². The van der Waals surface area contributed by atoms with Crippen molar-refractivity contribution in [3.8, 4) is 0 Å². The Hall–Kier alpha value is -1.63. The van der Waals surface area contributed by atoms with Gasteiger partial charge < -0.3 is 46.5 Å². The monoisotopic (exact) mass is 340 g/mol. The summed E-state index contributed by atoms with van der Waals surface area (Å²) in [7, 11) is 0. The molecule has 11 heteroatoms. The average Bonchev–Trinajstić information content (AvgIpc) is 2.49. The maximum absolute atomic E-state index is 10.6. The number of aldehydes is 1. The van der Waals surface area contributed by atoms with Crippen LogP contribution in [0.1, 0.15) is 13.8 Å². The molecule has 0 aromatic rings. The molecular formula is C12H24N2O9. The molecule has 11 nitrogen and oxygen atoms in total. The predicted octanol–water partition coefficient (Wildman–Crippen LogP) is -4.46. The quantitative estimate of drug-likeness (QED) is 0.198. The van der Waals surface area contributed by atoms with E-state index in [9.17, 15) is 24.6 Å². The molecule has 1 amide bonds. The molecule has 0 radical (unpaired) electrons. The summed E-state index contributed by atoms with van der Waals surface area (Å²) in [5.41, 5.74) is 4.91. The van der Waals surface area contributed by atoms with Crippen LogP contribution in [0.4, 0.5) is 0 Å². The number of carboxylic acid groups (broad SMARTS) is 1. The molecule has 0 bridgehead atoms. The molecule has 136 valence electrons. The highest BCUT2D eigenvalue weighted by Crippen LogP contribution is 2.03. The van der Waals surface area contributed by atoms with E-state index < -0.39 is 55.0 Å². The van der Waals surface area contributed by atoms with Crippen LogP contribution in [0.15, 0.2) is 0 Å². The lowest BCUT2D eigenvalue weighted by atomic mass is 10.0. The van der Waals surface area contributed by atoms with Crippen molar-refractivity contribution in [2.75, 3.05) is 6.61 Å². The van der Waals surface area contributed by atoms with E-state index in [1.54, 1.807) is 0 Å². The normalized spacial score (nSPS) is 18.3. The maximum atomic E-state index is 10.6. The van der Waals surface area contributed by atoms with Gasteiger partial charge in [0.25, 0.3) is 0 Å². The molecule has 0 heterocycles. The number of carboxylic acids is 1. The lowest BCUT2D eigenvalue weighted by Gasteiger charge is -2.25. The van der Waals surface area contributed by atoms with Crippen LogP contribution in [0.3, 0.4) is 0 Å². The molecule has 0 saturated heterocycles. The molecule has 0 aliphatic carbocycles. The van der Waals surface area contributed by atoms with E-state index in [1.165, 1.54) is 6.92 Å². The third-order valence-electron chi connectivity index (χ3n) is 2.62. The molecule has 0 saturated carbocycles. The fourth-order valence-electron chi connectivity index (χ4n) is 1.19. The summed E-state index contributed by atoms with van der Waals surface area (Å²) in [5.74, 6) is -1.74. The van der Waals surface area contributed by atoms with Gasteiger partial charge in [0, 0.05) is 6.92 Å². The molecule has 23 heavy (non-hydrogen) atoms. The van der Waals surface area contributed by atoms with Crippen LogP contribution in [0, 0.1) is 0 Å². The second-order valence-corrected chi connectivity index (χ2v) is 4.70. The highest BCUT2D eigenvalue weighted by Gasteiger charge is 2.31. The minimum Gasteiger partial charge on any atom is -0.480 e. The van der Waals surface area contributed by atoms with Gasteiger partial charge in [-0.15, -0.1) is 0 Å². The van der Waals surface area contributed by atoms with Crippen LogP contribution in [0.2, 0.25) is 0 Å². The van der Waals surface area contributed by atoms with E-state index in [-0.39, 0.29) is 6.29 Å². The molecule has 0 fully saturated rings. The zero-order valence-electron chi connectivity index (χ0n) is 12.7. The molecule has 6 atom stereocenters. The van der Waals surface area contributed by atoms with Crippen molar-refractivity contribution in [1.82, 2.24) is 5.32 Å². The highest BCUT2D eigenvalue weighted by atomic mass is 16.4. The standard InChI is InChI=1S/C8H15NO6.C4H9NO3/c1-4(12)9-5(2-10)7(14)8(15)6(13)3-11;1-2(6)3(5)4(7)8/h2,5-8,11,13-15H,3H2,1H3,(H,9,12);2-3,6H,5H2,1H3,(H,7,8)/t5-,6+,7+,8+;2-,3+/m01/s1. The van der Waals surface area contributed by atoms with Gasteiger partial charge in [0.15, 0.2) is 0 Å². The molecule has 9 N–H and O–H groups in total. The Labute approximate surface area is 132 Å². The largest absolute Gasteiger partial charge is 0.480 e. The van der Waals surface area contributed by atoms with Gasteiger partial charge in [-0.2, -0.15) is 0 Å². The van der Waals surface area contributed by atoms with Crippen molar-refractivity contribution in [3.05, 3.63) is 0 Å². The Bertz CT molecular complexity index is 378. The minimum atomic E-state index is -1.71. The van der Waals surface area contributed by atoms with E-state index in [0.29, 0.717) is 0 Å². The number of aliphatic hydroxyl groups is 5. The van der Waals surface area contributed by atoms with Crippen LogP contribution in [-0.2, 0) is 14.4 Å². The van der Waals surface area contributed by atoms with E-state index in [0.717, 1.165) is 6.92 Å². The first-order valence-corrected chi connectivity index (χ1v) is 6.53. The van der Waals surface area contributed by atoms with Gasteiger partial charge in [-0.05, 0) is 6.92 Å². The number of hydrogen-bond donors (Lipinski definition) is 8. The van der Waals surface area contributed by atoms with E-state index in [2.05, 4.69) is 5.32 Å². The van der Waals surface area contributed by atoms with E-state index in [4.69, 9.17) is 26.2 Å². The first-order chi connectivity index (χ1) is 10.5. The summed E-state index contributed by atoms with van der Waals surface area (Å²) in [6.45, 7) is 1.71. The lowest BCUT2D eigenvalue weighted by molar-refractivity contribution is -0.140. The number of carbonyl (C=O) groups excluding carboxylic acids is 2. The second kappa shape index (κ2) is 11.9. The number of hydrogen-bond acceptors (Lipinski definition) is 9. The average molecular weight is 340 g/mol. The molecule has 0 rings (SSSR count). The van der Waals surface area contributed by atoms with Crippen molar-refractivity contribution >= 4 is 18.2 Å². The fourth-order valence-corrected chi connectivity index (χ4v) is 1.19. The van der Waals surface area contributed by atoms with Gasteiger partial charge >= 0.3 is 5.97 Å². The summed E-state index contributed by atoms with van der Waals surface area (Å²) in [5, 5.41) is 54.7. The second-order valence-electron chi connectivity index (χ2n) is 4.70. The maximum Gasteiger partial charge on any atom is 0.323 e. The number of carbonyl (C=O) groups is 3. The van der Waals surface area contributed by atoms with Crippen molar-refractivity contribution in [3.63, 3.8) is 0 Å². The third-order valence-corrected chi connectivity index (χ3v) is 2.62. The smallest absolute Gasteiger partial charge is 0.323 e. The van der Waals surface area contributed by atoms with Gasteiger partial charge in [-0.25, -0.2) is 0 Å². The summed E-state index contributed by atoms with van der Waals surface area (Å²) in [6.07, 6.45) is -5.70. The SMILES string of the molecule is CC(=O)N[C@@H](C=O)[C@@H](O)[C@H](O)[C@H](O)CO.C[C@@H](O)[C@H](N)C(=O)O. The summed E-state index contributed by atoms with van der Waals surface area (Å²) in [6, 6.07) is -2.48. The zero-order chi connectivity index (χ0) is 18.7. The molecule has 0 unspecified atom stereocenters. The van der Waals surface area contributed by atoms with Crippen molar-refractivity contribution < 1.29 is 45.0 Å². The lowest BCUT2D eigenvalue weighted by Crippen LogP contribution is -2.53.